The Kier molecular flexibility index (Phi) is 3.92. The van der Waals surface area contributed by atoms with E-state index < -0.39 is 35.0 Å². The predicted molar refractivity (Wildman–Crippen MR) is 53.1 cm³/mol. The highest BCUT2D eigenvalue weighted by Crippen LogP contribution is 2.39. The van der Waals surface area contributed by atoms with Crippen LogP contribution in [0.25, 0.3) is 6.08 Å². The number of benzene rings is 1. The molecule has 0 spiro atoms. The fourth-order valence-electron chi connectivity index (χ4n) is 1.39. The third-order valence-electron chi connectivity index (χ3n) is 2.11. The molecule has 0 aliphatic heterocycles. The van der Waals surface area contributed by atoms with Crippen molar-refractivity contribution in [3.63, 3.8) is 0 Å². The van der Waals surface area contributed by atoms with Gasteiger partial charge in [0.15, 0.2) is 0 Å². The predicted octanol–water partition coefficient (Wildman–Crippen LogP) is 3.82. The highest BCUT2D eigenvalue weighted by atomic mass is 19.4. The second-order valence-electron chi connectivity index (χ2n) is 3.43. The first kappa shape index (κ1) is 15.1. The van der Waals surface area contributed by atoms with Crippen LogP contribution < -0.4 is 0 Å². The number of carboxylic acids is 1. The van der Waals surface area contributed by atoms with E-state index in [0.717, 1.165) is 0 Å². The number of halogens is 6. The van der Waals surface area contributed by atoms with Crippen molar-refractivity contribution in [2.45, 2.75) is 12.4 Å². The molecule has 0 amide bonds. The molecule has 0 radical (unpaired) electrons. The summed E-state index contributed by atoms with van der Waals surface area (Å²) in [4.78, 5) is 10.2. The summed E-state index contributed by atoms with van der Waals surface area (Å²) in [7, 11) is 0. The van der Waals surface area contributed by atoms with Gasteiger partial charge in [0.25, 0.3) is 0 Å². The molecule has 104 valence electrons. The largest absolute Gasteiger partial charge is 0.478 e. The van der Waals surface area contributed by atoms with Gasteiger partial charge in [0.1, 0.15) is 0 Å². The molecule has 0 heterocycles. The summed E-state index contributed by atoms with van der Waals surface area (Å²) in [5.41, 5.74) is -4.30. The number of carboxylic acid groups (broad SMARTS) is 1. The van der Waals surface area contributed by atoms with Crippen molar-refractivity contribution in [1.29, 1.82) is 0 Å². The monoisotopic (exact) mass is 284 g/mol. The molecule has 0 aromatic heterocycles. The zero-order valence-electron chi connectivity index (χ0n) is 9.01. The van der Waals surface area contributed by atoms with Gasteiger partial charge in [0.2, 0.25) is 0 Å². The lowest BCUT2D eigenvalue weighted by Crippen LogP contribution is -2.14. The number of rotatable bonds is 2. The molecule has 8 heteroatoms. The molecule has 0 atom stereocenters. The van der Waals surface area contributed by atoms with Crippen molar-refractivity contribution in [3.05, 3.63) is 41.0 Å². The number of hydrogen-bond donors (Lipinski definition) is 1. The number of alkyl halides is 6. The summed E-state index contributed by atoms with van der Waals surface area (Å²) in [5, 5.41) is 8.31. The zero-order chi connectivity index (χ0) is 14.8. The van der Waals surface area contributed by atoms with Gasteiger partial charge in [-0.25, -0.2) is 4.79 Å². The van der Waals surface area contributed by atoms with Gasteiger partial charge in [0.05, 0.1) is 11.1 Å². The number of aliphatic carboxylic acids is 1. The number of hydrogen-bond acceptors (Lipinski definition) is 1. The van der Waals surface area contributed by atoms with Gasteiger partial charge in [-0.2, -0.15) is 26.3 Å². The van der Waals surface area contributed by atoms with E-state index in [1.807, 2.05) is 0 Å². The van der Waals surface area contributed by atoms with Crippen LogP contribution in [0.15, 0.2) is 24.3 Å². The molecular formula is C11H6F6O2. The lowest BCUT2D eigenvalue weighted by Gasteiger charge is -2.16. The standard InChI is InChI=1S/C11H6F6O2/c12-10(13,14)7-2-1-3-8(11(15,16)17)6(7)4-5-9(18)19/h1-5H,(H,18,19). The van der Waals surface area contributed by atoms with Crippen LogP contribution in [0.3, 0.4) is 0 Å². The summed E-state index contributed by atoms with van der Waals surface area (Å²) >= 11 is 0. The minimum absolute atomic E-state index is 0.222. The SMILES string of the molecule is O=C(O)C=Cc1c(C(F)(F)F)cccc1C(F)(F)F. The Morgan fingerprint density at radius 1 is 1.00 bits per heavy atom. The van der Waals surface area contributed by atoms with Crippen molar-refractivity contribution < 1.29 is 36.2 Å². The van der Waals surface area contributed by atoms with Crippen molar-refractivity contribution in [2.75, 3.05) is 0 Å². The minimum atomic E-state index is -5.01. The quantitative estimate of drug-likeness (QED) is 0.662. The van der Waals surface area contributed by atoms with Gasteiger partial charge in [0, 0.05) is 6.08 Å². The van der Waals surface area contributed by atoms with E-state index in [1.54, 1.807) is 0 Å². The summed E-state index contributed by atoms with van der Waals surface area (Å²) in [6.07, 6.45) is -9.52. The molecule has 0 fully saturated rings. The van der Waals surface area contributed by atoms with Gasteiger partial charge in [-0.1, -0.05) is 6.07 Å². The van der Waals surface area contributed by atoms with Gasteiger partial charge in [-0.05, 0) is 23.8 Å². The van der Waals surface area contributed by atoms with E-state index in [9.17, 15) is 31.1 Å². The van der Waals surface area contributed by atoms with E-state index >= 15 is 0 Å². The molecule has 0 aliphatic rings. The molecule has 1 aromatic rings. The molecule has 2 nitrogen and oxygen atoms in total. The van der Waals surface area contributed by atoms with Crippen LogP contribution in [0.1, 0.15) is 16.7 Å². The van der Waals surface area contributed by atoms with Crippen LogP contribution in [0.2, 0.25) is 0 Å². The molecule has 0 saturated carbocycles. The third kappa shape index (κ3) is 3.73. The Hall–Kier alpha value is -1.99. The third-order valence-corrected chi connectivity index (χ3v) is 2.11. The first-order valence-electron chi connectivity index (χ1n) is 4.72. The van der Waals surface area contributed by atoms with E-state index in [2.05, 4.69) is 0 Å². The fourth-order valence-corrected chi connectivity index (χ4v) is 1.39. The smallest absolute Gasteiger partial charge is 0.417 e. The second-order valence-corrected chi connectivity index (χ2v) is 3.43. The molecule has 1 rings (SSSR count). The van der Waals surface area contributed by atoms with E-state index in [0.29, 0.717) is 18.2 Å². The summed E-state index contributed by atoms with van der Waals surface area (Å²) in [6, 6.07) is 1.53. The Labute approximate surface area is 103 Å². The minimum Gasteiger partial charge on any atom is -0.478 e. The lowest BCUT2D eigenvalue weighted by molar-refractivity contribution is -0.143. The van der Waals surface area contributed by atoms with Crippen LogP contribution in [-0.2, 0) is 17.1 Å². The van der Waals surface area contributed by atoms with Crippen molar-refractivity contribution in [1.82, 2.24) is 0 Å². The molecule has 1 aromatic carbocycles. The van der Waals surface area contributed by atoms with Crippen LogP contribution >= 0.6 is 0 Å². The fraction of sp³-hybridized carbons (Fsp3) is 0.182. The highest BCUT2D eigenvalue weighted by molar-refractivity contribution is 5.86. The molecule has 0 bridgehead atoms. The molecule has 0 unspecified atom stereocenters. The average Bonchev–Trinajstić information content (AvgIpc) is 2.23. The van der Waals surface area contributed by atoms with Gasteiger partial charge in [-0.3, -0.25) is 0 Å². The van der Waals surface area contributed by atoms with Crippen LogP contribution in [0, 0.1) is 0 Å². The zero-order valence-corrected chi connectivity index (χ0v) is 9.01. The molecule has 1 N–H and O–H groups in total. The maximum atomic E-state index is 12.6. The van der Waals surface area contributed by atoms with Crippen LogP contribution in [0.4, 0.5) is 26.3 Å². The highest BCUT2D eigenvalue weighted by Gasteiger charge is 2.39. The molecule has 0 saturated heterocycles. The Balaban J connectivity index is 3.55. The maximum absolute atomic E-state index is 12.6. The first-order valence-corrected chi connectivity index (χ1v) is 4.72. The summed E-state index contributed by atoms with van der Waals surface area (Å²) < 4.78 is 75.6. The van der Waals surface area contributed by atoms with E-state index in [1.165, 1.54) is 0 Å². The Morgan fingerprint density at radius 3 is 1.74 bits per heavy atom. The lowest BCUT2D eigenvalue weighted by atomic mass is 9.99. The molecular weight excluding hydrogens is 278 g/mol. The van der Waals surface area contributed by atoms with Crippen molar-refractivity contribution in [2.24, 2.45) is 0 Å². The summed E-state index contributed by atoms with van der Waals surface area (Å²) in [5.74, 6) is -1.65. The van der Waals surface area contributed by atoms with Crippen LogP contribution in [-0.4, -0.2) is 11.1 Å². The number of carbonyl (C=O) groups is 1. The van der Waals surface area contributed by atoms with Gasteiger partial charge >= 0.3 is 18.3 Å². The maximum Gasteiger partial charge on any atom is 0.417 e. The Bertz CT molecular complexity index is 481. The topological polar surface area (TPSA) is 37.3 Å². The summed E-state index contributed by atoms with van der Waals surface area (Å²) in [6.45, 7) is 0. The Morgan fingerprint density at radius 2 is 1.42 bits per heavy atom. The van der Waals surface area contributed by atoms with Gasteiger partial charge < -0.3 is 5.11 Å². The first-order chi connectivity index (χ1) is 8.53. The molecule has 19 heavy (non-hydrogen) atoms. The van der Waals surface area contributed by atoms with E-state index in [-0.39, 0.29) is 12.2 Å². The van der Waals surface area contributed by atoms with Crippen LogP contribution in [0.5, 0.6) is 0 Å². The van der Waals surface area contributed by atoms with Crippen molar-refractivity contribution in [3.8, 4) is 0 Å². The second kappa shape index (κ2) is 4.94. The molecule has 0 aliphatic carbocycles. The van der Waals surface area contributed by atoms with E-state index in [4.69, 9.17) is 5.11 Å². The van der Waals surface area contributed by atoms with Crippen molar-refractivity contribution >= 4 is 12.0 Å². The van der Waals surface area contributed by atoms with Gasteiger partial charge in [-0.15, -0.1) is 0 Å². The normalized spacial score (nSPS) is 12.9. The average molecular weight is 284 g/mol.